The summed E-state index contributed by atoms with van der Waals surface area (Å²) in [6.07, 6.45) is 6.35. The van der Waals surface area contributed by atoms with Crippen molar-refractivity contribution in [2.75, 3.05) is 20.1 Å². The van der Waals surface area contributed by atoms with Gasteiger partial charge in [0.1, 0.15) is 0 Å². The molecule has 0 aliphatic carbocycles. The first-order chi connectivity index (χ1) is 7.61. The van der Waals surface area contributed by atoms with Crippen LogP contribution in [0.4, 0.5) is 0 Å². The van der Waals surface area contributed by atoms with Crippen molar-refractivity contribution in [3.8, 4) is 0 Å². The SMILES string of the molecule is CC(CCCN)CN(C)Cc1cnn(C)c1. The summed E-state index contributed by atoms with van der Waals surface area (Å²) in [6.45, 7) is 5.18. The molecule has 2 N–H and O–H groups in total. The Bertz CT molecular complexity index is 295. The van der Waals surface area contributed by atoms with Crippen LogP contribution in [-0.2, 0) is 13.6 Å². The molecule has 0 aliphatic rings. The minimum Gasteiger partial charge on any atom is -0.330 e. The fourth-order valence-electron chi connectivity index (χ4n) is 2.02. The molecule has 1 atom stereocenters. The highest BCUT2D eigenvalue weighted by Gasteiger charge is 2.07. The predicted octanol–water partition coefficient (Wildman–Crippen LogP) is 1.23. The van der Waals surface area contributed by atoms with E-state index >= 15 is 0 Å². The largest absolute Gasteiger partial charge is 0.330 e. The van der Waals surface area contributed by atoms with Crippen molar-refractivity contribution in [2.45, 2.75) is 26.3 Å². The van der Waals surface area contributed by atoms with Gasteiger partial charge in [-0.15, -0.1) is 0 Å². The third-order valence-corrected chi connectivity index (χ3v) is 2.74. The van der Waals surface area contributed by atoms with E-state index in [1.165, 1.54) is 12.0 Å². The van der Waals surface area contributed by atoms with Gasteiger partial charge in [-0.25, -0.2) is 0 Å². The summed E-state index contributed by atoms with van der Waals surface area (Å²) in [7, 11) is 4.11. The van der Waals surface area contributed by atoms with Gasteiger partial charge < -0.3 is 10.6 Å². The molecule has 16 heavy (non-hydrogen) atoms. The summed E-state index contributed by atoms with van der Waals surface area (Å²) < 4.78 is 1.85. The zero-order valence-corrected chi connectivity index (χ0v) is 10.7. The van der Waals surface area contributed by atoms with Crippen molar-refractivity contribution < 1.29 is 0 Å². The molecule has 0 aliphatic heterocycles. The van der Waals surface area contributed by atoms with E-state index in [0.29, 0.717) is 5.92 Å². The summed E-state index contributed by atoms with van der Waals surface area (Å²) in [5.74, 6) is 0.713. The number of nitrogens with two attached hydrogens (primary N) is 1. The van der Waals surface area contributed by atoms with Crippen LogP contribution in [0, 0.1) is 5.92 Å². The Kier molecular flexibility index (Phi) is 5.49. The Labute approximate surface area is 98.4 Å². The van der Waals surface area contributed by atoms with E-state index in [2.05, 4.69) is 30.2 Å². The van der Waals surface area contributed by atoms with Crippen molar-refractivity contribution in [3.05, 3.63) is 18.0 Å². The van der Waals surface area contributed by atoms with E-state index in [1.54, 1.807) is 0 Å². The number of aryl methyl sites for hydroxylation is 1. The van der Waals surface area contributed by atoms with E-state index < -0.39 is 0 Å². The lowest BCUT2D eigenvalue weighted by Gasteiger charge is -2.20. The fraction of sp³-hybridized carbons (Fsp3) is 0.750. The second-order valence-corrected chi connectivity index (χ2v) is 4.76. The lowest BCUT2D eigenvalue weighted by molar-refractivity contribution is 0.269. The molecular weight excluding hydrogens is 200 g/mol. The quantitative estimate of drug-likeness (QED) is 0.757. The molecule has 0 radical (unpaired) electrons. The number of hydrogen-bond donors (Lipinski definition) is 1. The Hall–Kier alpha value is -0.870. The smallest absolute Gasteiger partial charge is 0.0534 e. The maximum Gasteiger partial charge on any atom is 0.0534 e. The topological polar surface area (TPSA) is 47.1 Å². The third kappa shape index (κ3) is 4.77. The van der Waals surface area contributed by atoms with Crippen molar-refractivity contribution in [1.82, 2.24) is 14.7 Å². The Morgan fingerprint density at radius 2 is 2.31 bits per heavy atom. The average molecular weight is 224 g/mol. The van der Waals surface area contributed by atoms with E-state index in [1.807, 2.05) is 17.9 Å². The number of aromatic nitrogens is 2. The summed E-state index contributed by atoms with van der Waals surface area (Å²) in [6, 6.07) is 0. The standard InChI is InChI=1S/C12H24N4/c1-11(5-4-6-13)8-15(2)9-12-7-14-16(3)10-12/h7,10-11H,4-6,8-9,13H2,1-3H3. The molecule has 0 amide bonds. The van der Waals surface area contributed by atoms with E-state index in [9.17, 15) is 0 Å². The van der Waals surface area contributed by atoms with Crippen LogP contribution in [0.2, 0.25) is 0 Å². The van der Waals surface area contributed by atoms with Crippen molar-refractivity contribution >= 4 is 0 Å². The van der Waals surface area contributed by atoms with Gasteiger partial charge in [0.05, 0.1) is 6.20 Å². The van der Waals surface area contributed by atoms with Gasteiger partial charge in [-0.05, 0) is 32.4 Å². The van der Waals surface area contributed by atoms with Crippen molar-refractivity contribution in [2.24, 2.45) is 18.7 Å². The van der Waals surface area contributed by atoms with Gasteiger partial charge in [0, 0.05) is 31.9 Å². The maximum atomic E-state index is 5.51. The molecule has 92 valence electrons. The van der Waals surface area contributed by atoms with Crippen LogP contribution in [0.3, 0.4) is 0 Å². The first-order valence-electron chi connectivity index (χ1n) is 5.98. The molecule has 0 bridgehead atoms. The first-order valence-corrected chi connectivity index (χ1v) is 5.98. The minimum atomic E-state index is 0.713. The lowest BCUT2D eigenvalue weighted by Crippen LogP contribution is -2.24. The van der Waals surface area contributed by atoms with Gasteiger partial charge >= 0.3 is 0 Å². The molecule has 1 aromatic heterocycles. The number of hydrogen-bond acceptors (Lipinski definition) is 3. The van der Waals surface area contributed by atoms with Crippen molar-refractivity contribution in [1.29, 1.82) is 0 Å². The Morgan fingerprint density at radius 1 is 1.56 bits per heavy atom. The monoisotopic (exact) mass is 224 g/mol. The highest BCUT2D eigenvalue weighted by Crippen LogP contribution is 2.09. The van der Waals surface area contributed by atoms with Gasteiger partial charge in [0.25, 0.3) is 0 Å². The van der Waals surface area contributed by atoms with Crippen LogP contribution >= 0.6 is 0 Å². The highest BCUT2D eigenvalue weighted by molar-refractivity contribution is 5.02. The molecule has 0 spiro atoms. The molecular formula is C12H24N4. The first kappa shape index (κ1) is 13.2. The fourth-order valence-corrected chi connectivity index (χ4v) is 2.02. The van der Waals surface area contributed by atoms with Gasteiger partial charge in [-0.2, -0.15) is 5.10 Å². The van der Waals surface area contributed by atoms with Crippen LogP contribution in [0.25, 0.3) is 0 Å². The number of rotatable bonds is 7. The molecule has 0 saturated carbocycles. The Balaban J connectivity index is 2.27. The molecule has 4 nitrogen and oxygen atoms in total. The van der Waals surface area contributed by atoms with Crippen LogP contribution in [0.1, 0.15) is 25.3 Å². The minimum absolute atomic E-state index is 0.713. The number of nitrogens with zero attached hydrogens (tertiary/aromatic N) is 3. The zero-order chi connectivity index (χ0) is 12.0. The lowest BCUT2D eigenvalue weighted by atomic mass is 10.1. The molecule has 0 aromatic carbocycles. The molecule has 1 rings (SSSR count). The average Bonchev–Trinajstić information content (AvgIpc) is 2.60. The molecule has 1 unspecified atom stereocenters. The molecule has 0 saturated heterocycles. The summed E-state index contributed by atoms with van der Waals surface area (Å²) >= 11 is 0. The van der Waals surface area contributed by atoms with Gasteiger partial charge in [0.2, 0.25) is 0 Å². The molecule has 1 aromatic rings. The molecule has 0 fully saturated rings. The van der Waals surface area contributed by atoms with Crippen LogP contribution in [0.5, 0.6) is 0 Å². The van der Waals surface area contributed by atoms with Crippen LogP contribution < -0.4 is 5.73 Å². The maximum absolute atomic E-state index is 5.51. The van der Waals surface area contributed by atoms with Crippen LogP contribution in [0.15, 0.2) is 12.4 Å². The normalized spacial score (nSPS) is 13.3. The van der Waals surface area contributed by atoms with E-state index in [-0.39, 0.29) is 0 Å². The molecule has 1 heterocycles. The summed E-state index contributed by atoms with van der Waals surface area (Å²) in [5, 5.41) is 4.17. The second kappa shape index (κ2) is 6.66. The van der Waals surface area contributed by atoms with Gasteiger partial charge in [0.15, 0.2) is 0 Å². The highest BCUT2D eigenvalue weighted by atomic mass is 15.2. The van der Waals surface area contributed by atoms with Crippen molar-refractivity contribution in [3.63, 3.8) is 0 Å². The summed E-state index contributed by atoms with van der Waals surface area (Å²) in [4.78, 5) is 2.35. The van der Waals surface area contributed by atoms with Crippen LogP contribution in [-0.4, -0.2) is 34.8 Å². The zero-order valence-electron chi connectivity index (χ0n) is 10.7. The van der Waals surface area contributed by atoms with Gasteiger partial charge in [-0.1, -0.05) is 6.92 Å². The van der Waals surface area contributed by atoms with E-state index in [4.69, 9.17) is 5.73 Å². The molecule has 4 heteroatoms. The summed E-state index contributed by atoms with van der Waals surface area (Å²) in [5.41, 5.74) is 6.78. The van der Waals surface area contributed by atoms with Gasteiger partial charge in [-0.3, -0.25) is 4.68 Å². The van der Waals surface area contributed by atoms with E-state index in [0.717, 1.165) is 26.1 Å². The predicted molar refractivity (Wildman–Crippen MR) is 67.0 cm³/mol. The third-order valence-electron chi connectivity index (χ3n) is 2.74. The second-order valence-electron chi connectivity index (χ2n) is 4.76. The Morgan fingerprint density at radius 3 is 2.88 bits per heavy atom.